The molecule has 1 aromatic rings. The Morgan fingerprint density at radius 3 is 2.47 bits per heavy atom. The highest BCUT2D eigenvalue weighted by molar-refractivity contribution is 5.20. The first-order chi connectivity index (χ1) is 9.29. The van der Waals surface area contributed by atoms with E-state index in [9.17, 15) is 0 Å². The summed E-state index contributed by atoms with van der Waals surface area (Å²) in [6, 6.07) is 10.6. The number of hydrogen-bond donors (Lipinski definition) is 1. The molecule has 1 saturated carbocycles. The van der Waals surface area contributed by atoms with Crippen LogP contribution in [-0.4, -0.2) is 19.2 Å². The van der Waals surface area contributed by atoms with Crippen LogP contribution in [0.2, 0.25) is 0 Å². The number of nitrogens with one attached hydrogen (secondary N) is 1. The van der Waals surface area contributed by atoms with E-state index >= 15 is 0 Å². The molecule has 2 rings (SSSR count). The molecule has 1 N–H and O–H groups in total. The van der Waals surface area contributed by atoms with Crippen molar-refractivity contribution >= 4 is 0 Å². The Balaban J connectivity index is 1.85. The quantitative estimate of drug-likeness (QED) is 0.839. The maximum Gasteiger partial charge on any atom is 0.119 e. The third-order valence-electron chi connectivity index (χ3n) is 4.27. The van der Waals surface area contributed by atoms with Gasteiger partial charge in [0.15, 0.2) is 0 Å². The Bertz CT molecular complexity index is 344. The van der Waals surface area contributed by atoms with Crippen LogP contribution in [0, 0.1) is 11.8 Å². The van der Waals surface area contributed by atoms with Gasteiger partial charge in [0.2, 0.25) is 0 Å². The molecule has 0 aromatic heterocycles. The number of ether oxygens (including phenoxy) is 1. The third kappa shape index (κ3) is 4.54. The first-order valence-electron chi connectivity index (χ1n) is 7.70. The van der Waals surface area contributed by atoms with Gasteiger partial charge in [-0.05, 0) is 43.4 Å². The SMILES string of the molecule is CCNC(COc1ccccc1)C1CCC(C)CC1. The maximum absolute atomic E-state index is 5.94. The van der Waals surface area contributed by atoms with Gasteiger partial charge < -0.3 is 10.1 Å². The largest absolute Gasteiger partial charge is 0.492 e. The standard InChI is InChI=1S/C17H27NO/c1-3-18-17(15-11-9-14(2)10-12-15)13-19-16-7-5-4-6-8-16/h4-8,14-15,17-18H,3,9-13H2,1-2H3. The van der Waals surface area contributed by atoms with Crippen molar-refractivity contribution in [1.82, 2.24) is 5.32 Å². The highest BCUT2D eigenvalue weighted by Gasteiger charge is 2.25. The summed E-state index contributed by atoms with van der Waals surface area (Å²) in [7, 11) is 0. The van der Waals surface area contributed by atoms with Crippen molar-refractivity contribution in [3.05, 3.63) is 30.3 Å². The van der Waals surface area contributed by atoms with Gasteiger partial charge in [0.25, 0.3) is 0 Å². The van der Waals surface area contributed by atoms with Crippen LogP contribution in [0.1, 0.15) is 39.5 Å². The van der Waals surface area contributed by atoms with Crippen molar-refractivity contribution < 1.29 is 4.74 Å². The zero-order valence-electron chi connectivity index (χ0n) is 12.3. The number of hydrogen-bond acceptors (Lipinski definition) is 2. The molecule has 0 radical (unpaired) electrons. The molecule has 19 heavy (non-hydrogen) atoms. The van der Waals surface area contributed by atoms with Crippen LogP contribution in [0.15, 0.2) is 30.3 Å². The number of para-hydroxylation sites is 1. The highest BCUT2D eigenvalue weighted by atomic mass is 16.5. The molecule has 2 heteroatoms. The molecule has 1 aliphatic carbocycles. The lowest BCUT2D eigenvalue weighted by Gasteiger charge is -2.33. The molecule has 0 spiro atoms. The molecule has 2 nitrogen and oxygen atoms in total. The van der Waals surface area contributed by atoms with Crippen LogP contribution in [0.25, 0.3) is 0 Å². The molecular weight excluding hydrogens is 234 g/mol. The molecule has 0 saturated heterocycles. The molecule has 0 amide bonds. The van der Waals surface area contributed by atoms with Gasteiger partial charge in [-0.3, -0.25) is 0 Å². The predicted octanol–water partition coefficient (Wildman–Crippen LogP) is 3.87. The molecule has 1 fully saturated rings. The average molecular weight is 261 g/mol. The molecule has 1 unspecified atom stereocenters. The second-order valence-electron chi connectivity index (χ2n) is 5.81. The Kier molecular flexibility index (Phi) is 5.71. The molecule has 1 aliphatic rings. The molecule has 106 valence electrons. The fourth-order valence-electron chi connectivity index (χ4n) is 3.01. The van der Waals surface area contributed by atoms with Gasteiger partial charge in [0, 0.05) is 6.04 Å². The van der Waals surface area contributed by atoms with Gasteiger partial charge in [0.1, 0.15) is 12.4 Å². The van der Waals surface area contributed by atoms with E-state index in [0.717, 1.165) is 30.7 Å². The van der Waals surface area contributed by atoms with Gasteiger partial charge in [-0.25, -0.2) is 0 Å². The second-order valence-corrected chi connectivity index (χ2v) is 5.81. The van der Waals surface area contributed by atoms with Gasteiger partial charge in [0.05, 0.1) is 0 Å². The van der Waals surface area contributed by atoms with Crippen LogP contribution >= 0.6 is 0 Å². The fourth-order valence-corrected chi connectivity index (χ4v) is 3.01. The Morgan fingerprint density at radius 2 is 1.84 bits per heavy atom. The van der Waals surface area contributed by atoms with E-state index in [2.05, 4.69) is 19.2 Å². The van der Waals surface area contributed by atoms with Gasteiger partial charge in [-0.1, -0.05) is 44.9 Å². The Labute approximate surface area is 117 Å². The second kappa shape index (κ2) is 7.54. The summed E-state index contributed by atoms with van der Waals surface area (Å²) in [6.07, 6.45) is 5.43. The number of likely N-dealkylation sites (N-methyl/N-ethyl adjacent to an activating group) is 1. The van der Waals surface area contributed by atoms with Gasteiger partial charge in [-0.15, -0.1) is 0 Å². The summed E-state index contributed by atoms with van der Waals surface area (Å²) in [5.74, 6) is 2.67. The summed E-state index contributed by atoms with van der Waals surface area (Å²) < 4.78 is 5.94. The molecule has 1 aromatic carbocycles. The monoisotopic (exact) mass is 261 g/mol. The minimum Gasteiger partial charge on any atom is -0.492 e. The normalized spacial score (nSPS) is 24.9. The van der Waals surface area contributed by atoms with Crippen LogP contribution in [0.5, 0.6) is 5.75 Å². The minimum atomic E-state index is 0.498. The minimum absolute atomic E-state index is 0.498. The molecule has 0 heterocycles. The smallest absolute Gasteiger partial charge is 0.119 e. The Morgan fingerprint density at radius 1 is 1.16 bits per heavy atom. The predicted molar refractivity (Wildman–Crippen MR) is 80.5 cm³/mol. The number of rotatable bonds is 6. The maximum atomic E-state index is 5.94. The average Bonchev–Trinajstić information content (AvgIpc) is 2.46. The summed E-state index contributed by atoms with van der Waals surface area (Å²) in [5, 5.41) is 3.61. The lowest BCUT2D eigenvalue weighted by atomic mass is 9.79. The third-order valence-corrected chi connectivity index (χ3v) is 4.27. The van der Waals surface area contributed by atoms with Crippen molar-refractivity contribution in [2.75, 3.05) is 13.2 Å². The highest BCUT2D eigenvalue weighted by Crippen LogP contribution is 2.30. The van der Waals surface area contributed by atoms with Crippen LogP contribution in [0.3, 0.4) is 0 Å². The van der Waals surface area contributed by atoms with Gasteiger partial charge in [-0.2, -0.15) is 0 Å². The van der Waals surface area contributed by atoms with Gasteiger partial charge >= 0.3 is 0 Å². The summed E-state index contributed by atoms with van der Waals surface area (Å²) in [5.41, 5.74) is 0. The first kappa shape index (κ1) is 14.4. The van der Waals surface area contributed by atoms with Crippen LogP contribution in [0.4, 0.5) is 0 Å². The van der Waals surface area contributed by atoms with Crippen LogP contribution in [-0.2, 0) is 0 Å². The van der Waals surface area contributed by atoms with Crippen molar-refractivity contribution in [2.24, 2.45) is 11.8 Å². The van der Waals surface area contributed by atoms with Crippen molar-refractivity contribution in [3.8, 4) is 5.75 Å². The fraction of sp³-hybridized carbons (Fsp3) is 0.647. The van der Waals surface area contributed by atoms with E-state index in [1.807, 2.05) is 30.3 Å². The zero-order valence-corrected chi connectivity index (χ0v) is 12.3. The van der Waals surface area contributed by atoms with E-state index in [4.69, 9.17) is 4.74 Å². The Hall–Kier alpha value is -1.02. The molecule has 0 aliphatic heterocycles. The molecule has 0 bridgehead atoms. The van der Waals surface area contributed by atoms with Crippen molar-refractivity contribution in [3.63, 3.8) is 0 Å². The van der Waals surface area contributed by atoms with Crippen molar-refractivity contribution in [1.29, 1.82) is 0 Å². The van der Waals surface area contributed by atoms with E-state index < -0.39 is 0 Å². The molecule has 1 atom stereocenters. The lowest BCUT2D eigenvalue weighted by Crippen LogP contribution is -2.42. The summed E-state index contributed by atoms with van der Waals surface area (Å²) in [6.45, 7) is 6.37. The van der Waals surface area contributed by atoms with Crippen molar-refractivity contribution in [2.45, 2.75) is 45.6 Å². The van der Waals surface area contributed by atoms with E-state index in [1.54, 1.807) is 0 Å². The first-order valence-corrected chi connectivity index (χ1v) is 7.70. The van der Waals surface area contributed by atoms with E-state index in [1.165, 1.54) is 25.7 Å². The van der Waals surface area contributed by atoms with E-state index in [0.29, 0.717) is 6.04 Å². The topological polar surface area (TPSA) is 21.3 Å². The lowest BCUT2D eigenvalue weighted by molar-refractivity contribution is 0.171. The van der Waals surface area contributed by atoms with E-state index in [-0.39, 0.29) is 0 Å². The number of benzene rings is 1. The zero-order chi connectivity index (χ0) is 13.5. The molecular formula is C17H27NO. The summed E-state index contributed by atoms with van der Waals surface area (Å²) >= 11 is 0. The summed E-state index contributed by atoms with van der Waals surface area (Å²) in [4.78, 5) is 0. The van der Waals surface area contributed by atoms with Crippen LogP contribution < -0.4 is 10.1 Å².